The van der Waals surface area contributed by atoms with Crippen LogP contribution < -0.4 is 16.4 Å². The Morgan fingerprint density at radius 2 is 2.00 bits per heavy atom. The highest BCUT2D eigenvalue weighted by atomic mass is 32.1. The number of aromatic hydroxyl groups is 2. The lowest BCUT2D eigenvalue weighted by Gasteiger charge is -2.49. The lowest BCUT2D eigenvalue weighted by Crippen LogP contribution is -2.71. The predicted molar refractivity (Wildman–Crippen MR) is 114 cm³/mol. The number of carbonyl (C=O) groups is 4. The molecule has 33 heavy (non-hydrogen) atoms. The van der Waals surface area contributed by atoms with Crippen LogP contribution in [0.2, 0.25) is 0 Å². The first-order valence-corrected chi connectivity index (χ1v) is 10.7. The van der Waals surface area contributed by atoms with Crippen molar-refractivity contribution in [2.24, 2.45) is 0 Å². The molecule has 1 aromatic heterocycles. The van der Waals surface area contributed by atoms with Gasteiger partial charge in [0.1, 0.15) is 11.7 Å². The number of rotatable bonds is 6. The Labute approximate surface area is 190 Å². The molecule has 1 saturated heterocycles. The smallest absolute Gasteiger partial charge is 0.352 e. The van der Waals surface area contributed by atoms with E-state index in [0.29, 0.717) is 12.8 Å². The highest BCUT2D eigenvalue weighted by molar-refractivity contribution is 7.13. The van der Waals surface area contributed by atoms with E-state index in [2.05, 4.69) is 15.6 Å². The van der Waals surface area contributed by atoms with Crippen LogP contribution in [0.25, 0.3) is 0 Å². The van der Waals surface area contributed by atoms with Gasteiger partial charge in [0.2, 0.25) is 5.91 Å². The summed E-state index contributed by atoms with van der Waals surface area (Å²) in [5, 5.41) is 35.1. The fourth-order valence-corrected chi connectivity index (χ4v) is 4.39. The van der Waals surface area contributed by atoms with Gasteiger partial charge in [-0.3, -0.25) is 19.3 Å². The highest BCUT2D eigenvalue weighted by Gasteiger charge is 2.52. The number of allylic oxidation sites excluding steroid dienone is 1. The highest BCUT2D eigenvalue weighted by Crippen LogP contribution is 2.33. The fourth-order valence-electron chi connectivity index (χ4n) is 3.80. The number of nitrogens with two attached hydrogens (primary N) is 1. The van der Waals surface area contributed by atoms with Gasteiger partial charge in [-0.2, -0.15) is 0 Å². The molecule has 0 unspecified atom stereocenters. The van der Waals surface area contributed by atoms with Crippen molar-refractivity contribution in [3.05, 3.63) is 46.6 Å². The Morgan fingerprint density at radius 1 is 1.24 bits per heavy atom. The maximum atomic E-state index is 13.1. The number of carboxylic acids is 1. The fraction of sp³-hybridized carbons (Fsp3) is 0.250. The first-order valence-electron chi connectivity index (χ1n) is 9.78. The van der Waals surface area contributed by atoms with Crippen LogP contribution in [0.5, 0.6) is 11.5 Å². The number of thiazole rings is 1. The first kappa shape index (κ1) is 22.1. The zero-order chi connectivity index (χ0) is 23.9. The number of amides is 3. The Hall–Kier alpha value is -4.13. The summed E-state index contributed by atoms with van der Waals surface area (Å²) in [5.41, 5.74) is 5.66. The monoisotopic (exact) mass is 473 g/mol. The number of anilines is 1. The number of nitrogens with one attached hydrogen (secondary N) is 2. The van der Waals surface area contributed by atoms with Gasteiger partial charge < -0.3 is 31.7 Å². The zero-order valence-electron chi connectivity index (χ0n) is 16.9. The minimum atomic E-state index is -1.32. The van der Waals surface area contributed by atoms with Gasteiger partial charge in [0.05, 0.1) is 11.7 Å². The number of carboxylic acid groups (broad SMARTS) is 1. The van der Waals surface area contributed by atoms with Gasteiger partial charge in [-0.05, 0) is 31.0 Å². The number of phenols is 2. The second kappa shape index (κ2) is 8.43. The van der Waals surface area contributed by atoms with E-state index in [9.17, 15) is 34.5 Å². The molecule has 1 aromatic carbocycles. The summed E-state index contributed by atoms with van der Waals surface area (Å²) in [6.45, 7) is 0. The SMILES string of the molecule is Nc1nc([C@H](NC(=O)c2ccc(O)c(O)c2)C(=O)N[C@@H]2C(=O)N3C(C(=O)O)=CCC[C@H]23)cs1. The van der Waals surface area contributed by atoms with Crippen molar-refractivity contribution in [2.75, 3.05) is 5.73 Å². The van der Waals surface area contributed by atoms with Gasteiger partial charge >= 0.3 is 5.97 Å². The molecule has 3 amide bonds. The van der Waals surface area contributed by atoms with Gasteiger partial charge in [-0.15, -0.1) is 11.3 Å². The van der Waals surface area contributed by atoms with E-state index in [-0.39, 0.29) is 22.1 Å². The van der Waals surface area contributed by atoms with Crippen LogP contribution in [0.3, 0.4) is 0 Å². The number of nitrogen functional groups attached to an aromatic ring is 1. The van der Waals surface area contributed by atoms with E-state index in [0.717, 1.165) is 28.4 Å². The molecule has 0 radical (unpaired) electrons. The summed E-state index contributed by atoms with van der Waals surface area (Å²) in [7, 11) is 0. The molecule has 3 atom stereocenters. The third-order valence-corrected chi connectivity index (χ3v) is 6.10. The molecule has 172 valence electrons. The second-order valence-electron chi connectivity index (χ2n) is 7.45. The third-order valence-electron chi connectivity index (χ3n) is 5.41. The quantitative estimate of drug-likeness (QED) is 0.248. The Balaban J connectivity index is 1.53. The van der Waals surface area contributed by atoms with Crippen molar-refractivity contribution in [2.45, 2.75) is 31.0 Å². The van der Waals surface area contributed by atoms with Crippen LogP contribution in [0, 0.1) is 0 Å². The Bertz CT molecular complexity index is 1190. The number of aromatic nitrogens is 1. The Morgan fingerprint density at radius 3 is 2.64 bits per heavy atom. The third kappa shape index (κ3) is 4.05. The molecule has 0 spiro atoms. The lowest BCUT2D eigenvalue weighted by molar-refractivity contribution is -0.156. The van der Waals surface area contributed by atoms with E-state index in [1.54, 1.807) is 0 Å². The summed E-state index contributed by atoms with van der Waals surface area (Å²) in [6, 6.07) is 0.630. The van der Waals surface area contributed by atoms with Crippen LogP contribution in [0.1, 0.15) is 34.9 Å². The Kier molecular flexibility index (Phi) is 5.64. The normalized spacial score (nSPS) is 20.2. The molecule has 0 aliphatic carbocycles. The summed E-state index contributed by atoms with van der Waals surface area (Å²) >= 11 is 1.05. The standard InChI is InChI=1S/C20H19N5O7S/c21-20-22-9(7-33-20)14(23-16(28)8-4-5-12(26)13(27)6-8)17(29)24-15-10-2-1-3-11(19(31)32)25(10)18(15)30/h3-7,10,14-15,26-27H,1-2H2,(H2,21,22)(H,23,28)(H,24,29)(H,31,32)/t10-,14+,15+/m1/s1. The summed E-state index contributed by atoms with van der Waals surface area (Å²) < 4.78 is 0. The van der Waals surface area contributed by atoms with Crippen molar-refractivity contribution in [1.82, 2.24) is 20.5 Å². The minimum Gasteiger partial charge on any atom is -0.504 e. The van der Waals surface area contributed by atoms with E-state index < -0.39 is 53.3 Å². The van der Waals surface area contributed by atoms with Gasteiger partial charge in [0.15, 0.2) is 22.7 Å². The van der Waals surface area contributed by atoms with E-state index >= 15 is 0 Å². The predicted octanol–water partition coefficient (Wildman–Crippen LogP) is 0.0655. The number of fused-ring (bicyclic) bond motifs is 1. The van der Waals surface area contributed by atoms with Crippen LogP contribution in [0.15, 0.2) is 35.4 Å². The molecule has 0 bridgehead atoms. The zero-order valence-corrected chi connectivity index (χ0v) is 17.7. The number of phenolic OH excluding ortho intramolecular Hbond substituents is 2. The molecule has 0 saturated carbocycles. The number of carbonyl (C=O) groups excluding carboxylic acids is 3. The molecule has 7 N–H and O–H groups in total. The lowest BCUT2D eigenvalue weighted by atomic mass is 9.86. The molecule has 1 fully saturated rings. The van der Waals surface area contributed by atoms with E-state index in [1.807, 2.05) is 0 Å². The van der Waals surface area contributed by atoms with Crippen molar-refractivity contribution in [3.63, 3.8) is 0 Å². The average molecular weight is 473 g/mol. The number of β-lactam (4-membered cyclic amide) rings is 1. The minimum absolute atomic E-state index is 0.0271. The number of nitrogens with zero attached hydrogens (tertiary/aromatic N) is 2. The molecule has 4 rings (SSSR count). The van der Waals surface area contributed by atoms with Crippen LogP contribution in [0.4, 0.5) is 5.13 Å². The number of hydrogen-bond acceptors (Lipinski definition) is 9. The molecule has 2 aliphatic rings. The van der Waals surface area contributed by atoms with Crippen molar-refractivity contribution < 1.29 is 34.5 Å². The molecular formula is C20H19N5O7S. The van der Waals surface area contributed by atoms with Gasteiger partial charge in [0, 0.05) is 10.9 Å². The van der Waals surface area contributed by atoms with Crippen LogP contribution >= 0.6 is 11.3 Å². The molecule has 12 nitrogen and oxygen atoms in total. The number of benzene rings is 1. The van der Waals surface area contributed by atoms with Gasteiger partial charge in [-0.1, -0.05) is 6.08 Å². The van der Waals surface area contributed by atoms with Gasteiger partial charge in [-0.25, -0.2) is 9.78 Å². The maximum Gasteiger partial charge on any atom is 0.352 e. The van der Waals surface area contributed by atoms with Crippen molar-refractivity contribution in [3.8, 4) is 11.5 Å². The molecule has 2 aliphatic heterocycles. The van der Waals surface area contributed by atoms with E-state index in [1.165, 1.54) is 17.5 Å². The second-order valence-corrected chi connectivity index (χ2v) is 8.34. The van der Waals surface area contributed by atoms with Gasteiger partial charge in [0.25, 0.3) is 11.8 Å². The molecule has 2 aromatic rings. The largest absolute Gasteiger partial charge is 0.504 e. The first-order chi connectivity index (χ1) is 15.7. The summed E-state index contributed by atoms with van der Waals surface area (Å²) in [6.07, 6.45) is 2.37. The molecule has 3 heterocycles. The summed E-state index contributed by atoms with van der Waals surface area (Å²) in [4.78, 5) is 54.9. The van der Waals surface area contributed by atoms with Crippen molar-refractivity contribution >= 4 is 40.2 Å². The number of hydrogen-bond donors (Lipinski definition) is 6. The van der Waals surface area contributed by atoms with Crippen LogP contribution in [-0.4, -0.2) is 61.0 Å². The topological polar surface area (TPSA) is 195 Å². The maximum absolute atomic E-state index is 13.1. The molecular weight excluding hydrogens is 454 g/mol. The molecule has 13 heteroatoms. The average Bonchev–Trinajstić information content (AvgIpc) is 3.22. The number of aliphatic carboxylic acids is 1. The van der Waals surface area contributed by atoms with E-state index in [4.69, 9.17) is 5.73 Å². The van der Waals surface area contributed by atoms with Crippen LogP contribution in [-0.2, 0) is 14.4 Å². The van der Waals surface area contributed by atoms with Crippen molar-refractivity contribution in [1.29, 1.82) is 0 Å². The summed E-state index contributed by atoms with van der Waals surface area (Å²) in [5.74, 6) is -4.19.